The molecule has 190 valence electrons. The average molecular weight is 572 g/mol. The topological polar surface area (TPSA) is 65.7 Å². The second-order valence-corrected chi connectivity index (χ2v) is 9.18. The van der Waals surface area contributed by atoms with Gasteiger partial charge in [-0.2, -0.15) is 9.78 Å². The van der Waals surface area contributed by atoms with Gasteiger partial charge in [0.1, 0.15) is 12.4 Å². The Morgan fingerprint density at radius 3 is 2.50 bits per heavy atom. The van der Waals surface area contributed by atoms with Gasteiger partial charge in [0.2, 0.25) is 0 Å². The molecule has 5 aromatic rings. The van der Waals surface area contributed by atoms with Gasteiger partial charge in [-0.25, -0.2) is 9.37 Å². The van der Waals surface area contributed by atoms with Crippen molar-refractivity contribution >= 4 is 33.0 Å². The van der Waals surface area contributed by atoms with Gasteiger partial charge >= 0.3 is 0 Å². The van der Waals surface area contributed by atoms with Gasteiger partial charge in [-0.05, 0) is 58.7 Å². The first kappa shape index (κ1) is 25.4. The SMILES string of the molecule is CCOc1cc(C=Nn2c(-c3ccccc3)nc3ccccc3c2=O)cc(Br)c1OCc1ccccc1F. The van der Waals surface area contributed by atoms with Crippen molar-refractivity contribution in [3.05, 3.63) is 123 Å². The highest BCUT2D eigenvalue weighted by atomic mass is 79.9. The first-order chi connectivity index (χ1) is 18.5. The molecule has 1 heterocycles. The highest BCUT2D eigenvalue weighted by Gasteiger charge is 2.15. The molecular formula is C30H23BrFN3O3. The maximum absolute atomic E-state index is 14.1. The predicted molar refractivity (Wildman–Crippen MR) is 150 cm³/mol. The predicted octanol–water partition coefficient (Wildman–Crippen LogP) is 6.83. The van der Waals surface area contributed by atoms with E-state index in [4.69, 9.17) is 14.5 Å². The van der Waals surface area contributed by atoms with E-state index in [1.54, 1.807) is 48.7 Å². The number of nitrogens with zero attached hydrogens (tertiary/aromatic N) is 3. The Kier molecular flexibility index (Phi) is 7.60. The molecule has 0 amide bonds. The van der Waals surface area contributed by atoms with E-state index in [1.807, 2.05) is 49.4 Å². The van der Waals surface area contributed by atoms with Gasteiger partial charge in [0.15, 0.2) is 17.3 Å². The standard InChI is InChI=1S/C30H23BrFN3O3/c1-2-37-27-17-20(16-24(31)28(27)38-19-22-12-6-8-14-25(22)32)18-33-35-29(21-10-4-3-5-11-21)34-26-15-9-7-13-23(26)30(35)36/h3-18H,2,19H2,1H3. The summed E-state index contributed by atoms with van der Waals surface area (Å²) in [5, 5.41) is 5.00. The van der Waals surface area contributed by atoms with E-state index in [1.165, 1.54) is 10.7 Å². The number of halogens is 2. The third-order valence-electron chi connectivity index (χ3n) is 5.77. The number of rotatable bonds is 8. The number of hydrogen-bond acceptors (Lipinski definition) is 5. The van der Waals surface area contributed by atoms with Gasteiger partial charge in [-0.1, -0.05) is 60.7 Å². The summed E-state index contributed by atoms with van der Waals surface area (Å²) in [6, 6.07) is 26.6. The Morgan fingerprint density at radius 1 is 0.974 bits per heavy atom. The molecular weight excluding hydrogens is 549 g/mol. The maximum Gasteiger partial charge on any atom is 0.282 e. The molecule has 38 heavy (non-hydrogen) atoms. The number of hydrogen-bond donors (Lipinski definition) is 0. The van der Waals surface area contributed by atoms with Crippen LogP contribution in [0.25, 0.3) is 22.3 Å². The number of ether oxygens (including phenoxy) is 2. The van der Waals surface area contributed by atoms with E-state index < -0.39 is 0 Å². The summed E-state index contributed by atoms with van der Waals surface area (Å²) in [6.45, 7) is 2.30. The van der Waals surface area contributed by atoms with Crippen LogP contribution in [0.15, 0.2) is 105 Å². The van der Waals surface area contributed by atoms with Crippen molar-refractivity contribution in [1.82, 2.24) is 9.66 Å². The molecule has 0 saturated carbocycles. The van der Waals surface area contributed by atoms with Gasteiger partial charge in [-0.15, -0.1) is 0 Å². The van der Waals surface area contributed by atoms with Gasteiger partial charge in [0.05, 0.1) is 28.2 Å². The molecule has 0 atom stereocenters. The Hall–Kier alpha value is -4.30. The van der Waals surface area contributed by atoms with Crippen LogP contribution in [0.1, 0.15) is 18.1 Å². The molecule has 0 N–H and O–H groups in total. The second-order valence-electron chi connectivity index (χ2n) is 8.32. The Bertz CT molecular complexity index is 1690. The summed E-state index contributed by atoms with van der Waals surface area (Å²) in [7, 11) is 0. The van der Waals surface area contributed by atoms with Crippen LogP contribution in [0.4, 0.5) is 4.39 Å². The maximum atomic E-state index is 14.1. The Labute approximate surface area is 227 Å². The van der Waals surface area contributed by atoms with E-state index in [0.29, 0.717) is 50.4 Å². The fraction of sp³-hybridized carbons (Fsp3) is 0.100. The highest BCUT2D eigenvalue weighted by Crippen LogP contribution is 2.37. The Morgan fingerprint density at radius 2 is 1.71 bits per heavy atom. The lowest BCUT2D eigenvalue weighted by Gasteiger charge is -2.15. The molecule has 0 fully saturated rings. The van der Waals surface area contributed by atoms with Gasteiger partial charge < -0.3 is 9.47 Å². The first-order valence-electron chi connectivity index (χ1n) is 12.0. The minimum absolute atomic E-state index is 0.0391. The molecule has 1 aromatic heterocycles. The lowest BCUT2D eigenvalue weighted by molar-refractivity contribution is 0.264. The molecule has 0 aliphatic rings. The average Bonchev–Trinajstić information content (AvgIpc) is 2.93. The van der Waals surface area contributed by atoms with Crippen LogP contribution >= 0.6 is 15.9 Å². The van der Waals surface area contributed by atoms with E-state index in [9.17, 15) is 9.18 Å². The number of benzene rings is 4. The van der Waals surface area contributed by atoms with Gasteiger partial charge in [0.25, 0.3) is 5.56 Å². The van der Waals surface area contributed by atoms with Crippen molar-refractivity contribution < 1.29 is 13.9 Å². The highest BCUT2D eigenvalue weighted by molar-refractivity contribution is 9.10. The number of para-hydroxylation sites is 1. The largest absolute Gasteiger partial charge is 0.490 e. The lowest BCUT2D eigenvalue weighted by atomic mass is 10.2. The fourth-order valence-electron chi connectivity index (χ4n) is 3.96. The molecule has 5 rings (SSSR count). The molecule has 0 aliphatic carbocycles. The van der Waals surface area contributed by atoms with Crippen molar-refractivity contribution in [3.8, 4) is 22.9 Å². The molecule has 0 spiro atoms. The molecule has 0 bridgehead atoms. The van der Waals surface area contributed by atoms with Crippen molar-refractivity contribution in [2.75, 3.05) is 6.61 Å². The van der Waals surface area contributed by atoms with Crippen LogP contribution in [-0.4, -0.2) is 22.5 Å². The zero-order chi connectivity index (χ0) is 26.5. The van der Waals surface area contributed by atoms with Crippen LogP contribution < -0.4 is 15.0 Å². The molecule has 6 nitrogen and oxygen atoms in total. The van der Waals surface area contributed by atoms with E-state index in [2.05, 4.69) is 21.0 Å². The third-order valence-corrected chi connectivity index (χ3v) is 6.36. The Balaban J connectivity index is 1.53. The summed E-state index contributed by atoms with van der Waals surface area (Å²) >= 11 is 3.54. The zero-order valence-electron chi connectivity index (χ0n) is 20.5. The summed E-state index contributed by atoms with van der Waals surface area (Å²) in [5.41, 5.74) is 2.18. The second kappa shape index (κ2) is 11.4. The lowest BCUT2D eigenvalue weighted by Crippen LogP contribution is -2.20. The monoisotopic (exact) mass is 571 g/mol. The van der Waals surface area contributed by atoms with Crippen molar-refractivity contribution in [3.63, 3.8) is 0 Å². The van der Waals surface area contributed by atoms with Crippen molar-refractivity contribution in [1.29, 1.82) is 0 Å². The summed E-state index contributed by atoms with van der Waals surface area (Å²) < 4.78 is 27.7. The smallest absolute Gasteiger partial charge is 0.282 e. The minimum Gasteiger partial charge on any atom is -0.490 e. The fourth-order valence-corrected chi connectivity index (χ4v) is 4.53. The molecule has 8 heteroatoms. The van der Waals surface area contributed by atoms with Gasteiger partial charge in [-0.3, -0.25) is 4.79 Å². The molecule has 0 radical (unpaired) electrons. The summed E-state index contributed by atoms with van der Waals surface area (Å²) in [4.78, 5) is 18.1. The van der Waals surface area contributed by atoms with Crippen molar-refractivity contribution in [2.24, 2.45) is 5.10 Å². The molecule has 0 saturated heterocycles. The minimum atomic E-state index is -0.339. The summed E-state index contributed by atoms with van der Waals surface area (Å²) in [5.74, 6) is 1.00. The number of fused-ring (bicyclic) bond motifs is 1. The first-order valence-corrected chi connectivity index (χ1v) is 12.8. The van der Waals surface area contributed by atoms with Crippen LogP contribution in [-0.2, 0) is 6.61 Å². The normalized spacial score (nSPS) is 11.2. The molecule has 4 aromatic carbocycles. The van der Waals surface area contributed by atoms with E-state index in [-0.39, 0.29) is 18.0 Å². The van der Waals surface area contributed by atoms with Crippen molar-refractivity contribution in [2.45, 2.75) is 13.5 Å². The molecule has 0 aliphatic heterocycles. The van der Waals surface area contributed by atoms with E-state index >= 15 is 0 Å². The zero-order valence-corrected chi connectivity index (χ0v) is 22.1. The van der Waals surface area contributed by atoms with E-state index in [0.717, 1.165) is 5.56 Å². The van der Waals surface area contributed by atoms with Crippen LogP contribution in [0.2, 0.25) is 0 Å². The number of aromatic nitrogens is 2. The van der Waals surface area contributed by atoms with Crippen LogP contribution in [0.5, 0.6) is 11.5 Å². The molecule has 0 unspecified atom stereocenters. The van der Waals surface area contributed by atoms with Crippen LogP contribution in [0, 0.1) is 5.82 Å². The summed E-state index contributed by atoms with van der Waals surface area (Å²) in [6.07, 6.45) is 1.57. The quantitative estimate of drug-likeness (QED) is 0.191. The van der Waals surface area contributed by atoms with Crippen LogP contribution in [0.3, 0.4) is 0 Å². The van der Waals surface area contributed by atoms with Gasteiger partial charge in [0, 0.05) is 11.1 Å². The third kappa shape index (κ3) is 5.35.